The molecular weight excluding hydrogens is 444 g/mol. The number of carbonyl (C=O) groups excluding carboxylic acids is 4. The molecule has 34 heavy (non-hydrogen) atoms. The molecule has 2 heterocycles. The first-order valence-corrected chi connectivity index (χ1v) is 11.1. The molecule has 2 aliphatic rings. The fourth-order valence-electron chi connectivity index (χ4n) is 4.16. The number of ether oxygens (including phenoxy) is 2. The highest BCUT2D eigenvalue weighted by Crippen LogP contribution is 2.27. The van der Waals surface area contributed by atoms with Crippen molar-refractivity contribution >= 4 is 29.4 Å². The van der Waals surface area contributed by atoms with Crippen molar-refractivity contribution in [3.63, 3.8) is 0 Å². The first kappa shape index (κ1) is 25.3. The zero-order valence-corrected chi connectivity index (χ0v) is 19.8. The van der Waals surface area contributed by atoms with E-state index in [9.17, 15) is 24.3 Å². The summed E-state index contributed by atoms with van der Waals surface area (Å²) in [5, 5.41) is 15.3. The minimum atomic E-state index is -0.934. The minimum absolute atomic E-state index is 0.0139. The second-order valence-electron chi connectivity index (χ2n) is 9.65. The van der Waals surface area contributed by atoms with E-state index in [0.29, 0.717) is 19.4 Å². The van der Waals surface area contributed by atoms with Crippen molar-refractivity contribution in [3.05, 3.63) is 23.8 Å². The van der Waals surface area contributed by atoms with Gasteiger partial charge in [-0.1, -0.05) is 20.8 Å². The van der Waals surface area contributed by atoms with Crippen LogP contribution in [0.4, 0.5) is 5.69 Å². The Balaban J connectivity index is 1.75. The van der Waals surface area contributed by atoms with Crippen LogP contribution in [0, 0.1) is 5.41 Å². The van der Waals surface area contributed by atoms with Crippen molar-refractivity contribution in [3.8, 4) is 5.75 Å². The lowest BCUT2D eigenvalue weighted by molar-refractivity contribution is -0.160. The fraction of sp³-hybridized carbons (Fsp3) is 0.565. The zero-order chi connectivity index (χ0) is 25.2. The number of esters is 1. The van der Waals surface area contributed by atoms with Gasteiger partial charge in [0.1, 0.15) is 23.9 Å². The van der Waals surface area contributed by atoms with Crippen molar-refractivity contribution in [2.45, 2.75) is 64.4 Å². The van der Waals surface area contributed by atoms with Gasteiger partial charge < -0.3 is 35.8 Å². The van der Waals surface area contributed by atoms with E-state index < -0.39 is 47.6 Å². The number of nitrogen functional groups attached to an aromatic ring is 1. The van der Waals surface area contributed by atoms with Crippen LogP contribution < -0.4 is 16.4 Å². The third-order valence-corrected chi connectivity index (χ3v) is 6.04. The standard InChI is InChI=1S/C23H32N4O7/c1-23(2,3)18(26-19(30)12-7-8-13(24)16(28)10-12)21(32)27-9-5-6-15(27)20(31)25-14-11-17(29)34-22(14)33-4/h7-8,10,14-15,18,22,28H,5-6,9,11,24H2,1-4H3,(H,25,31)(H,26,30). The van der Waals surface area contributed by atoms with Gasteiger partial charge in [0.2, 0.25) is 18.1 Å². The Labute approximate surface area is 197 Å². The van der Waals surface area contributed by atoms with Crippen molar-refractivity contribution < 1.29 is 33.8 Å². The number of nitrogens with one attached hydrogen (secondary N) is 2. The van der Waals surface area contributed by atoms with Crippen molar-refractivity contribution in [2.75, 3.05) is 19.4 Å². The Hall–Kier alpha value is -3.34. The molecule has 4 atom stereocenters. The molecule has 1 aromatic carbocycles. The van der Waals surface area contributed by atoms with Gasteiger partial charge in [0.05, 0.1) is 12.1 Å². The number of phenolic OH excluding ortho intramolecular Hbond substituents is 1. The van der Waals surface area contributed by atoms with E-state index in [1.165, 1.54) is 30.2 Å². The Bertz CT molecular complexity index is 975. The molecule has 5 N–H and O–H groups in total. The van der Waals surface area contributed by atoms with E-state index in [2.05, 4.69) is 10.6 Å². The third kappa shape index (κ3) is 5.41. The van der Waals surface area contributed by atoms with Gasteiger partial charge in [0.25, 0.3) is 5.91 Å². The summed E-state index contributed by atoms with van der Waals surface area (Å²) in [5.41, 5.74) is 5.22. The number of nitrogens with two attached hydrogens (primary N) is 1. The van der Waals surface area contributed by atoms with E-state index in [-0.39, 0.29) is 29.3 Å². The first-order valence-electron chi connectivity index (χ1n) is 11.1. The highest BCUT2D eigenvalue weighted by Gasteiger charge is 2.44. The predicted molar refractivity (Wildman–Crippen MR) is 121 cm³/mol. The average molecular weight is 477 g/mol. The highest BCUT2D eigenvalue weighted by molar-refractivity contribution is 5.99. The van der Waals surface area contributed by atoms with Crippen LogP contribution in [0.5, 0.6) is 5.75 Å². The van der Waals surface area contributed by atoms with Crippen LogP contribution in [0.1, 0.15) is 50.4 Å². The Morgan fingerprint density at radius 3 is 2.62 bits per heavy atom. The molecule has 3 rings (SSSR count). The van der Waals surface area contributed by atoms with Crippen molar-refractivity contribution in [2.24, 2.45) is 5.41 Å². The average Bonchev–Trinajstić information content (AvgIpc) is 3.39. The van der Waals surface area contributed by atoms with Gasteiger partial charge in [0, 0.05) is 19.2 Å². The number of hydrogen-bond donors (Lipinski definition) is 4. The summed E-state index contributed by atoms with van der Waals surface area (Å²) in [6.45, 7) is 5.79. The molecule has 4 unspecified atom stereocenters. The molecule has 2 saturated heterocycles. The van der Waals surface area contributed by atoms with Crippen LogP contribution in [0.2, 0.25) is 0 Å². The number of phenols is 1. The second-order valence-corrected chi connectivity index (χ2v) is 9.65. The van der Waals surface area contributed by atoms with Crippen LogP contribution >= 0.6 is 0 Å². The van der Waals surface area contributed by atoms with Gasteiger partial charge in [-0.05, 0) is 36.5 Å². The number of rotatable bonds is 6. The number of amides is 3. The number of aromatic hydroxyl groups is 1. The van der Waals surface area contributed by atoms with Crippen LogP contribution in [-0.2, 0) is 23.9 Å². The molecule has 0 bridgehead atoms. The second kappa shape index (κ2) is 9.88. The topological polar surface area (TPSA) is 160 Å². The maximum Gasteiger partial charge on any atom is 0.310 e. The molecule has 0 spiro atoms. The molecule has 1 aromatic rings. The summed E-state index contributed by atoms with van der Waals surface area (Å²) < 4.78 is 10.1. The number of hydrogen-bond acceptors (Lipinski definition) is 8. The van der Waals surface area contributed by atoms with E-state index in [4.69, 9.17) is 15.2 Å². The van der Waals surface area contributed by atoms with Crippen LogP contribution in [0.15, 0.2) is 18.2 Å². The van der Waals surface area contributed by atoms with E-state index in [1.54, 1.807) is 0 Å². The Kier molecular flexibility index (Phi) is 7.35. The third-order valence-electron chi connectivity index (χ3n) is 6.04. The largest absolute Gasteiger partial charge is 0.506 e. The molecule has 0 aliphatic carbocycles. The number of likely N-dealkylation sites (tertiary alicyclic amines) is 1. The molecular formula is C23H32N4O7. The van der Waals surface area contributed by atoms with Gasteiger partial charge in [-0.2, -0.15) is 0 Å². The molecule has 11 nitrogen and oxygen atoms in total. The number of carbonyl (C=O) groups is 4. The quantitative estimate of drug-likeness (QED) is 0.262. The smallest absolute Gasteiger partial charge is 0.310 e. The molecule has 11 heteroatoms. The van der Waals surface area contributed by atoms with E-state index in [0.717, 1.165) is 0 Å². The Morgan fingerprint density at radius 2 is 2.00 bits per heavy atom. The summed E-state index contributed by atoms with van der Waals surface area (Å²) in [4.78, 5) is 52.5. The number of methoxy groups -OCH3 is 1. The van der Waals surface area contributed by atoms with E-state index >= 15 is 0 Å². The van der Waals surface area contributed by atoms with Gasteiger partial charge in [0.15, 0.2) is 0 Å². The van der Waals surface area contributed by atoms with Crippen molar-refractivity contribution in [1.82, 2.24) is 15.5 Å². The molecule has 2 fully saturated rings. The monoisotopic (exact) mass is 476 g/mol. The van der Waals surface area contributed by atoms with Gasteiger partial charge >= 0.3 is 5.97 Å². The number of cyclic esters (lactones) is 1. The lowest BCUT2D eigenvalue weighted by Crippen LogP contribution is -2.58. The van der Waals surface area contributed by atoms with E-state index in [1.807, 2.05) is 20.8 Å². The lowest BCUT2D eigenvalue weighted by atomic mass is 9.85. The molecule has 2 aliphatic heterocycles. The summed E-state index contributed by atoms with van der Waals surface area (Å²) in [7, 11) is 1.38. The lowest BCUT2D eigenvalue weighted by Gasteiger charge is -2.35. The van der Waals surface area contributed by atoms with Crippen LogP contribution in [0.3, 0.4) is 0 Å². The molecule has 186 valence electrons. The summed E-state index contributed by atoms with van der Waals surface area (Å²) >= 11 is 0. The maximum absolute atomic E-state index is 13.6. The normalized spacial score (nSPS) is 23.4. The van der Waals surface area contributed by atoms with Gasteiger partial charge in [-0.15, -0.1) is 0 Å². The molecule has 0 aromatic heterocycles. The number of benzene rings is 1. The summed E-state index contributed by atoms with van der Waals surface area (Å²) in [6.07, 6.45) is 0.182. The first-order chi connectivity index (χ1) is 15.9. The number of anilines is 1. The SMILES string of the molecule is COC1OC(=O)CC1NC(=O)C1CCCN1C(=O)C(NC(=O)c1ccc(N)c(O)c1)C(C)(C)C. The highest BCUT2D eigenvalue weighted by atomic mass is 16.7. The molecule has 0 saturated carbocycles. The maximum atomic E-state index is 13.6. The summed E-state index contributed by atoms with van der Waals surface area (Å²) in [6, 6.07) is 1.78. The van der Waals surface area contributed by atoms with Gasteiger partial charge in [-0.3, -0.25) is 19.2 Å². The zero-order valence-electron chi connectivity index (χ0n) is 19.8. The predicted octanol–water partition coefficient (Wildman–Crippen LogP) is 0.514. The molecule has 0 radical (unpaired) electrons. The van der Waals surface area contributed by atoms with Gasteiger partial charge in [-0.25, -0.2) is 0 Å². The fourth-order valence-corrected chi connectivity index (χ4v) is 4.16. The summed E-state index contributed by atoms with van der Waals surface area (Å²) in [5.74, 6) is -2.04. The van der Waals surface area contributed by atoms with Crippen LogP contribution in [0.25, 0.3) is 0 Å². The van der Waals surface area contributed by atoms with Crippen LogP contribution in [-0.4, -0.2) is 71.8 Å². The Morgan fingerprint density at radius 1 is 1.29 bits per heavy atom. The molecule has 3 amide bonds. The number of nitrogens with zero attached hydrogens (tertiary/aromatic N) is 1. The van der Waals surface area contributed by atoms with Crippen molar-refractivity contribution in [1.29, 1.82) is 0 Å². The minimum Gasteiger partial charge on any atom is -0.506 e.